The quantitative estimate of drug-likeness (QED) is 0.0955. The Kier molecular flexibility index (Phi) is 15.7. The molecule has 0 bridgehead atoms. The fourth-order valence-corrected chi connectivity index (χ4v) is 5.45. The van der Waals surface area contributed by atoms with E-state index in [-0.39, 0.29) is 6.04 Å². The topological polar surface area (TPSA) is 46.4 Å². The first kappa shape index (κ1) is 28.8. The Morgan fingerprint density at radius 2 is 1.17 bits per heavy atom. The zero-order valence-corrected chi connectivity index (χ0v) is 21.8. The fraction of sp³-hybridized carbons (Fsp3) is 1.00. The molecule has 8 heteroatoms. The molecule has 0 aromatic rings. The minimum absolute atomic E-state index is 0.0528. The van der Waals surface area contributed by atoms with Crippen LogP contribution in [-0.2, 0) is 14.5 Å². The zero-order valence-electron chi connectivity index (χ0n) is 18.7. The van der Waals surface area contributed by atoms with Crippen molar-refractivity contribution in [1.82, 2.24) is 4.31 Å². The van der Waals surface area contributed by atoms with Gasteiger partial charge >= 0.3 is 10.3 Å². The molecule has 1 saturated heterocycles. The third-order valence-electron chi connectivity index (χ3n) is 5.71. The summed E-state index contributed by atoms with van der Waals surface area (Å²) in [5.41, 5.74) is 0. The van der Waals surface area contributed by atoms with Crippen LogP contribution in [0.25, 0.3) is 0 Å². The Morgan fingerprint density at radius 3 is 1.57 bits per heavy atom. The minimum Gasteiger partial charge on any atom is -0.253 e. The van der Waals surface area contributed by atoms with E-state index in [1.807, 2.05) is 0 Å². The van der Waals surface area contributed by atoms with E-state index in [0.717, 1.165) is 19.3 Å². The largest absolute Gasteiger partial charge is 0.338 e. The van der Waals surface area contributed by atoms with E-state index in [9.17, 15) is 8.42 Å². The number of hydrogen-bond acceptors (Lipinski definition) is 3. The summed E-state index contributed by atoms with van der Waals surface area (Å²) in [6, 6.07) is 0.0528. The van der Waals surface area contributed by atoms with E-state index in [2.05, 4.69) is 6.92 Å². The minimum atomic E-state index is -3.76. The first-order chi connectivity index (χ1) is 14.3. The van der Waals surface area contributed by atoms with Crippen molar-refractivity contribution in [3.05, 3.63) is 0 Å². The fourth-order valence-electron chi connectivity index (χ4n) is 3.81. The summed E-state index contributed by atoms with van der Waals surface area (Å²) >= 11 is 16.6. The molecule has 1 heterocycles. The second-order valence-electron chi connectivity index (χ2n) is 8.65. The van der Waals surface area contributed by atoms with Crippen molar-refractivity contribution in [2.45, 2.75) is 126 Å². The Labute approximate surface area is 200 Å². The number of alkyl halides is 3. The van der Waals surface area contributed by atoms with Gasteiger partial charge in [0.15, 0.2) is 0 Å². The van der Waals surface area contributed by atoms with Gasteiger partial charge in [-0.3, -0.25) is 4.18 Å². The summed E-state index contributed by atoms with van der Waals surface area (Å²) in [7, 11) is -3.76. The van der Waals surface area contributed by atoms with Crippen LogP contribution < -0.4 is 0 Å². The number of hydrogen-bond donors (Lipinski definition) is 0. The van der Waals surface area contributed by atoms with Crippen LogP contribution in [0.4, 0.5) is 0 Å². The lowest BCUT2D eigenvalue weighted by Crippen LogP contribution is -2.23. The molecule has 0 aromatic carbocycles. The highest BCUT2D eigenvalue weighted by Gasteiger charge is 2.44. The van der Waals surface area contributed by atoms with E-state index in [4.69, 9.17) is 39.0 Å². The van der Waals surface area contributed by atoms with E-state index in [0.29, 0.717) is 6.54 Å². The smallest absolute Gasteiger partial charge is 0.253 e. The first-order valence-corrected chi connectivity index (χ1v) is 14.5. The van der Waals surface area contributed by atoms with Crippen molar-refractivity contribution in [3.8, 4) is 0 Å². The van der Waals surface area contributed by atoms with Crippen LogP contribution in [0.5, 0.6) is 0 Å². The van der Waals surface area contributed by atoms with Crippen LogP contribution in [-0.4, -0.2) is 35.7 Å². The first-order valence-electron chi connectivity index (χ1n) is 12.0. The van der Waals surface area contributed by atoms with E-state index in [1.54, 1.807) is 0 Å². The average molecular weight is 507 g/mol. The molecule has 0 radical (unpaired) electrons. The van der Waals surface area contributed by atoms with Gasteiger partial charge in [-0.25, -0.2) is 0 Å². The van der Waals surface area contributed by atoms with Crippen molar-refractivity contribution < 1.29 is 12.6 Å². The van der Waals surface area contributed by atoms with Crippen LogP contribution in [0.15, 0.2) is 0 Å². The maximum absolute atomic E-state index is 11.9. The molecule has 180 valence electrons. The third kappa shape index (κ3) is 15.5. The van der Waals surface area contributed by atoms with E-state index < -0.39 is 20.7 Å². The van der Waals surface area contributed by atoms with Gasteiger partial charge in [0.05, 0.1) is 0 Å². The molecule has 1 fully saturated rings. The highest BCUT2D eigenvalue weighted by molar-refractivity contribution is 7.84. The highest BCUT2D eigenvalue weighted by atomic mass is 35.6. The van der Waals surface area contributed by atoms with Crippen molar-refractivity contribution in [3.63, 3.8) is 0 Å². The molecule has 0 aliphatic carbocycles. The molecule has 2 atom stereocenters. The second-order valence-corrected chi connectivity index (χ2v) is 12.7. The van der Waals surface area contributed by atoms with Crippen LogP contribution >= 0.6 is 34.8 Å². The van der Waals surface area contributed by atoms with Crippen molar-refractivity contribution in [1.29, 1.82) is 0 Å². The summed E-state index contributed by atoms with van der Waals surface area (Å²) in [5, 5.41) is 0. The molecule has 4 nitrogen and oxygen atoms in total. The monoisotopic (exact) mass is 505 g/mol. The Balaban J connectivity index is 1.83. The number of nitrogens with zero attached hydrogens (tertiary/aromatic N) is 1. The molecule has 2 unspecified atom stereocenters. The van der Waals surface area contributed by atoms with Crippen LogP contribution in [0.2, 0.25) is 0 Å². The number of rotatable bonds is 20. The zero-order chi connectivity index (χ0) is 22.3. The Bertz CT molecular complexity index is 526. The summed E-state index contributed by atoms with van der Waals surface area (Å²) in [6.07, 6.45) is 22.3. The predicted molar refractivity (Wildman–Crippen MR) is 130 cm³/mol. The van der Waals surface area contributed by atoms with E-state index >= 15 is 0 Å². The Hall–Kier alpha value is 0.740. The normalized spacial score (nSPS) is 19.3. The number of unbranched alkanes of at least 4 members (excludes halogenated alkanes) is 15. The van der Waals surface area contributed by atoms with Crippen LogP contribution in [0.3, 0.4) is 0 Å². The summed E-state index contributed by atoms with van der Waals surface area (Å²) in [4.78, 5) is 0. The molecule has 0 N–H and O–H groups in total. The van der Waals surface area contributed by atoms with Gasteiger partial charge in [0, 0.05) is 12.6 Å². The van der Waals surface area contributed by atoms with Gasteiger partial charge < -0.3 is 0 Å². The lowest BCUT2D eigenvalue weighted by atomic mass is 10.0. The summed E-state index contributed by atoms with van der Waals surface area (Å²) in [6.45, 7) is 2.33. The maximum atomic E-state index is 11.9. The summed E-state index contributed by atoms with van der Waals surface area (Å²) < 4.78 is 28.3. The van der Waals surface area contributed by atoms with Gasteiger partial charge in [0.2, 0.25) is 3.79 Å². The molecule has 30 heavy (non-hydrogen) atoms. The van der Waals surface area contributed by atoms with Gasteiger partial charge in [-0.2, -0.15) is 12.7 Å². The molecular formula is C22H42Cl3NO3S. The summed E-state index contributed by atoms with van der Waals surface area (Å²) in [5.74, 6) is 0. The van der Waals surface area contributed by atoms with Crippen LogP contribution in [0, 0.1) is 0 Å². The van der Waals surface area contributed by atoms with Crippen molar-refractivity contribution >= 4 is 45.1 Å². The van der Waals surface area contributed by atoms with Gasteiger partial charge in [-0.05, 0) is 6.42 Å². The van der Waals surface area contributed by atoms with Gasteiger partial charge in [-0.1, -0.05) is 144 Å². The van der Waals surface area contributed by atoms with Crippen molar-refractivity contribution in [2.24, 2.45) is 0 Å². The number of halogens is 3. The Morgan fingerprint density at radius 1 is 0.767 bits per heavy atom. The molecule has 0 aromatic heterocycles. The van der Waals surface area contributed by atoms with Gasteiger partial charge in [0.25, 0.3) is 0 Å². The average Bonchev–Trinajstić information content (AvgIpc) is 3.46. The molecule has 0 saturated carbocycles. The molecular weight excluding hydrogens is 465 g/mol. The van der Waals surface area contributed by atoms with Gasteiger partial charge in [-0.15, -0.1) is 0 Å². The van der Waals surface area contributed by atoms with Gasteiger partial charge in [0.1, 0.15) is 6.61 Å². The predicted octanol–water partition coefficient (Wildman–Crippen LogP) is 7.95. The van der Waals surface area contributed by atoms with Crippen LogP contribution in [0.1, 0.15) is 116 Å². The highest BCUT2D eigenvalue weighted by Crippen LogP contribution is 2.31. The maximum Gasteiger partial charge on any atom is 0.338 e. The second kappa shape index (κ2) is 16.4. The molecule has 1 aliphatic rings. The standard InChI is InChI=1S/C22H42Cl3NO3S/c1-2-3-4-5-6-7-8-9-10-11-12-13-14-15-16-17-18-21-19-26(21)30(27,28)29-20-22(23,24)25/h21H,2-20H2,1H3. The lowest BCUT2D eigenvalue weighted by molar-refractivity contribution is 0.304. The van der Waals surface area contributed by atoms with Crippen molar-refractivity contribution in [2.75, 3.05) is 13.2 Å². The third-order valence-corrected chi connectivity index (χ3v) is 7.48. The molecule has 1 aliphatic heterocycles. The molecule has 1 rings (SSSR count). The SMILES string of the molecule is CCCCCCCCCCCCCCCCCCC1CN1S(=O)(=O)OCC(Cl)(Cl)Cl. The molecule has 0 spiro atoms. The van der Waals surface area contributed by atoms with E-state index in [1.165, 1.54) is 94.2 Å². The lowest BCUT2D eigenvalue weighted by Gasteiger charge is -2.12. The molecule has 0 amide bonds.